The molecular formula is C20H21NO2. The zero-order chi connectivity index (χ0) is 16.4. The molecular weight excluding hydrogens is 286 g/mol. The first-order valence-electron chi connectivity index (χ1n) is 7.99. The molecule has 1 aromatic heterocycles. The molecule has 23 heavy (non-hydrogen) atoms. The van der Waals surface area contributed by atoms with E-state index in [1.807, 2.05) is 12.1 Å². The number of nitrogens with one attached hydrogen (secondary N) is 1. The van der Waals surface area contributed by atoms with Gasteiger partial charge in [0.15, 0.2) is 5.43 Å². The zero-order valence-electron chi connectivity index (χ0n) is 13.8. The van der Waals surface area contributed by atoms with E-state index >= 15 is 0 Å². The van der Waals surface area contributed by atoms with Crippen LogP contribution in [0.4, 0.5) is 0 Å². The van der Waals surface area contributed by atoms with E-state index in [-0.39, 0.29) is 5.43 Å². The number of benzene rings is 2. The highest BCUT2D eigenvalue weighted by molar-refractivity contribution is 5.82. The second-order valence-corrected chi connectivity index (χ2v) is 5.65. The molecule has 0 aliphatic rings. The highest BCUT2D eigenvalue weighted by Gasteiger charge is 2.07. The minimum atomic E-state index is 0.0222. The summed E-state index contributed by atoms with van der Waals surface area (Å²) >= 11 is 0. The summed E-state index contributed by atoms with van der Waals surface area (Å²) in [6.45, 7) is 4.32. The van der Waals surface area contributed by atoms with Crippen molar-refractivity contribution in [1.82, 2.24) is 4.98 Å². The highest BCUT2D eigenvalue weighted by atomic mass is 16.5. The molecule has 0 amide bonds. The van der Waals surface area contributed by atoms with Gasteiger partial charge in [0.05, 0.1) is 12.6 Å². The van der Waals surface area contributed by atoms with Gasteiger partial charge in [-0.15, -0.1) is 0 Å². The first kappa shape index (κ1) is 15.3. The van der Waals surface area contributed by atoms with Crippen molar-refractivity contribution >= 4 is 10.9 Å². The van der Waals surface area contributed by atoms with Crippen LogP contribution < -0.4 is 10.2 Å². The van der Waals surface area contributed by atoms with E-state index < -0.39 is 0 Å². The maximum atomic E-state index is 12.4. The van der Waals surface area contributed by atoms with E-state index in [0.717, 1.165) is 35.4 Å². The van der Waals surface area contributed by atoms with Crippen LogP contribution in [0.2, 0.25) is 0 Å². The van der Waals surface area contributed by atoms with Crippen molar-refractivity contribution in [3.63, 3.8) is 0 Å². The van der Waals surface area contributed by atoms with Crippen LogP contribution in [-0.4, -0.2) is 12.1 Å². The number of hydrogen-bond acceptors (Lipinski definition) is 2. The number of hydrogen-bond donors (Lipinski definition) is 1. The standard InChI is InChI=1S/C20H21NO2/c1-4-13-6-7-15(10-14(13)5-2)18-12-20(22)17-9-8-16(23-3)11-19(17)21-18/h6-12H,4-5H2,1-3H3,(H,21,22). The summed E-state index contributed by atoms with van der Waals surface area (Å²) in [4.78, 5) is 15.8. The minimum Gasteiger partial charge on any atom is -0.497 e. The van der Waals surface area contributed by atoms with E-state index in [4.69, 9.17) is 4.74 Å². The smallest absolute Gasteiger partial charge is 0.190 e. The summed E-state index contributed by atoms with van der Waals surface area (Å²) < 4.78 is 5.25. The Morgan fingerprint density at radius 1 is 0.957 bits per heavy atom. The number of methoxy groups -OCH3 is 1. The van der Waals surface area contributed by atoms with Crippen molar-refractivity contribution in [2.45, 2.75) is 26.7 Å². The lowest BCUT2D eigenvalue weighted by Crippen LogP contribution is -2.03. The Bertz CT molecular complexity index is 909. The number of ether oxygens (including phenoxy) is 1. The minimum absolute atomic E-state index is 0.0222. The molecule has 0 bridgehead atoms. The number of H-pyrrole nitrogens is 1. The van der Waals surface area contributed by atoms with Crippen molar-refractivity contribution < 1.29 is 4.74 Å². The topological polar surface area (TPSA) is 42.1 Å². The number of aryl methyl sites for hydroxylation is 2. The molecule has 3 heteroatoms. The van der Waals surface area contributed by atoms with E-state index in [9.17, 15) is 4.79 Å². The van der Waals surface area contributed by atoms with Crippen LogP contribution in [-0.2, 0) is 12.8 Å². The van der Waals surface area contributed by atoms with Gasteiger partial charge < -0.3 is 9.72 Å². The summed E-state index contributed by atoms with van der Waals surface area (Å²) in [5.41, 5.74) is 5.39. The average Bonchev–Trinajstić information content (AvgIpc) is 2.60. The summed E-state index contributed by atoms with van der Waals surface area (Å²) in [6.07, 6.45) is 2.01. The maximum Gasteiger partial charge on any atom is 0.190 e. The first-order valence-corrected chi connectivity index (χ1v) is 7.99. The van der Waals surface area contributed by atoms with Gasteiger partial charge >= 0.3 is 0 Å². The third-order valence-electron chi connectivity index (χ3n) is 4.32. The van der Waals surface area contributed by atoms with Crippen LogP contribution in [0.25, 0.3) is 22.2 Å². The molecule has 2 aromatic carbocycles. The van der Waals surface area contributed by atoms with Crippen LogP contribution in [0, 0.1) is 0 Å². The Hall–Kier alpha value is -2.55. The van der Waals surface area contributed by atoms with Gasteiger partial charge in [-0.05, 0) is 47.7 Å². The van der Waals surface area contributed by atoms with Gasteiger partial charge in [-0.2, -0.15) is 0 Å². The first-order chi connectivity index (χ1) is 11.2. The molecule has 0 radical (unpaired) electrons. The van der Waals surface area contributed by atoms with Crippen molar-refractivity contribution in [2.24, 2.45) is 0 Å². The highest BCUT2D eigenvalue weighted by Crippen LogP contribution is 2.24. The van der Waals surface area contributed by atoms with Crippen LogP contribution in [0.15, 0.2) is 47.3 Å². The zero-order valence-corrected chi connectivity index (χ0v) is 13.8. The van der Waals surface area contributed by atoms with E-state index in [0.29, 0.717) is 5.39 Å². The Labute approximate surface area is 135 Å². The number of aromatic nitrogens is 1. The summed E-state index contributed by atoms with van der Waals surface area (Å²) in [7, 11) is 1.63. The van der Waals surface area contributed by atoms with Crippen LogP contribution >= 0.6 is 0 Å². The Morgan fingerprint density at radius 2 is 1.74 bits per heavy atom. The van der Waals surface area contributed by atoms with Gasteiger partial charge in [0.25, 0.3) is 0 Å². The van der Waals surface area contributed by atoms with Gasteiger partial charge in [-0.25, -0.2) is 0 Å². The van der Waals surface area contributed by atoms with Crippen molar-refractivity contribution in [3.8, 4) is 17.0 Å². The lowest BCUT2D eigenvalue weighted by molar-refractivity contribution is 0.415. The Kier molecular flexibility index (Phi) is 4.20. The van der Waals surface area contributed by atoms with Crippen LogP contribution in [0.5, 0.6) is 5.75 Å². The third-order valence-corrected chi connectivity index (χ3v) is 4.32. The predicted octanol–water partition coefficient (Wildman–Crippen LogP) is 4.33. The Balaban J connectivity index is 2.18. The molecule has 3 nitrogen and oxygen atoms in total. The SMILES string of the molecule is CCc1ccc(-c2cc(=O)c3ccc(OC)cc3[nH]2)cc1CC. The number of aromatic amines is 1. The fraction of sp³-hybridized carbons (Fsp3) is 0.250. The Morgan fingerprint density at radius 3 is 2.43 bits per heavy atom. The maximum absolute atomic E-state index is 12.4. The molecule has 0 atom stereocenters. The summed E-state index contributed by atoms with van der Waals surface area (Å²) in [6, 6.07) is 13.6. The molecule has 0 unspecified atom stereocenters. The average molecular weight is 307 g/mol. The predicted molar refractivity (Wildman–Crippen MR) is 95.3 cm³/mol. The lowest BCUT2D eigenvalue weighted by atomic mass is 9.98. The molecule has 0 saturated heterocycles. The monoisotopic (exact) mass is 307 g/mol. The molecule has 0 fully saturated rings. The van der Waals surface area contributed by atoms with Crippen LogP contribution in [0.1, 0.15) is 25.0 Å². The molecule has 3 rings (SSSR count). The van der Waals surface area contributed by atoms with Gasteiger partial charge in [-0.1, -0.05) is 26.0 Å². The van der Waals surface area contributed by atoms with Crippen LogP contribution in [0.3, 0.4) is 0 Å². The quantitative estimate of drug-likeness (QED) is 0.779. The molecule has 118 valence electrons. The normalized spacial score (nSPS) is 10.9. The molecule has 3 aromatic rings. The largest absolute Gasteiger partial charge is 0.497 e. The second-order valence-electron chi connectivity index (χ2n) is 5.65. The van der Waals surface area contributed by atoms with Gasteiger partial charge in [0, 0.05) is 23.2 Å². The molecule has 0 aliphatic carbocycles. The molecule has 0 saturated carbocycles. The second kappa shape index (κ2) is 6.29. The summed E-state index contributed by atoms with van der Waals surface area (Å²) in [5.74, 6) is 0.737. The molecule has 1 N–H and O–H groups in total. The van der Waals surface area contributed by atoms with E-state index in [1.165, 1.54) is 11.1 Å². The molecule has 1 heterocycles. The van der Waals surface area contributed by atoms with Gasteiger partial charge in [-0.3, -0.25) is 4.79 Å². The van der Waals surface area contributed by atoms with E-state index in [2.05, 4.69) is 37.0 Å². The number of fused-ring (bicyclic) bond motifs is 1. The fourth-order valence-corrected chi connectivity index (χ4v) is 2.98. The van der Waals surface area contributed by atoms with Crippen molar-refractivity contribution in [1.29, 1.82) is 0 Å². The fourth-order valence-electron chi connectivity index (χ4n) is 2.98. The molecule has 0 spiro atoms. The van der Waals surface area contributed by atoms with Gasteiger partial charge in [0.2, 0.25) is 0 Å². The van der Waals surface area contributed by atoms with Crippen molar-refractivity contribution in [2.75, 3.05) is 7.11 Å². The van der Waals surface area contributed by atoms with Gasteiger partial charge in [0.1, 0.15) is 5.75 Å². The summed E-state index contributed by atoms with van der Waals surface area (Å²) in [5, 5.41) is 0.676. The lowest BCUT2D eigenvalue weighted by Gasteiger charge is -2.10. The van der Waals surface area contributed by atoms with Crippen molar-refractivity contribution in [3.05, 3.63) is 63.8 Å². The number of rotatable bonds is 4. The molecule has 0 aliphatic heterocycles. The number of pyridine rings is 1. The third kappa shape index (κ3) is 2.87. The van der Waals surface area contributed by atoms with E-state index in [1.54, 1.807) is 19.2 Å².